The minimum absolute atomic E-state index is 0.101. The molecule has 0 aliphatic carbocycles. The van der Waals surface area contributed by atoms with Gasteiger partial charge in [-0.3, -0.25) is 4.90 Å². The smallest absolute Gasteiger partial charge is 0.416 e. The minimum Gasteiger partial charge on any atom is -0.491 e. The summed E-state index contributed by atoms with van der Waals surface area (Å²) in [5, 5.41) is 0. The molecule has 4 nitrogen and oxygen atoms in total. The number of rotatable bonds is 7. The molecule has 2 atom stereocenters. The van der Waals surface area contributed by atoms with Gasteiger partial charge in [-0.15, -0.1) is 0 Å². The summed E-state index contributed by atoms with van der Waals surface area (Å²) < 4.78 is 73.3. The second kappa shape index (κ2) is 9.45. The van der Waals surface area contributed by atoms with E-state index in [2.05, 4.69) is 9.62 Å². The van der Waals surface area contributed by atoms with E-state index >= 15 is 0 Å². The van der Waals surface area contributed by atoms with Gasteiger partial charge in [0.1, 0.15) is 22.6 Å². The lowest BCUT2D eigenvalue weighted by atomic mass is 10.2. The lowest BCUT2D eigenvalue weighted by Crippen LogP contribution is -2.34. The van der Waals surface area contributed by atoms with E-state index in [-0.39, 0.29) is 12.1 Å². The van der Waals surface area contributed by atoms with Gasteiger partial charge in [0.15, 0.2) is 0 Å². The summed E-state index contributed by atoms with van der Waals surface area (Å²) in [4.78, 5) is 1.67. The normalized spacial score (nSPS) is 18.7. The van der Waals surface area contributed by atoms with Gasteiger partial charge < -0.3 is 4.74 Å². The highest BCUT2D eigenvalue weighted by Crippen LogP contribution is 2.31. The van der Waals surface area contributed by atoms with Gasteiger partial charge in [0.25, 0.3) is 0 Å². The van der Waals surface area contributed by atoms with Gasteiger partial charge in [0, 0.05) is 25.7 Å². The average molecular weight is 444 g/mol. The van der Waals surface area contributed by atoms with Gasteiger partial charge >= 0.3 is 6.18 Å². The van der Waals surface area contributed by atoms with E-state index in [9.17, 15) is 21.8 Å². The number of halogens is 4. The lowest BCUT2D eigenvalue weighted by Gasteiger charge is -2.17. The molecule has 3 rings (SSSR count). The molecule has 1 N–H and O–H groups in total. The Balaban J connectivity index is 1.56. The minimum atomic E-state index is -4.62. The molecule has 0 aromatic heterocycles. The van der Waals surface area contributed by atoms with Crippen molar-refractivity contribution < 1.29 is 26.5 Å². The third-order valence-corrected chi connectivity index (χ3v) is 5.97. The van der Waals surface area contributed by atoms with E-state index in [4.69, 9.17) is 4.74 Å². The fourth-order valence-electron chi connectivity index (χ4n) is 3.31. The maximum atomic E-state index is 13.9. The number of hydrogen-bond donors (Lipinski definition) is 1. The van der Waals surface area contributed by atoms with Gasteiger partial charge in [-0.1, -0.05) is 12.1 Å². The topological polar surface area (TPSA) is 41.6 Å². The molecule has 1 fully saturated rings. The van der Waals surface area contributed by atoms with Crippen LogP contribution in [-0.4, -0.2) is 34.3 Å². The Morgan fingerprint density at radius 1 is 1.20 bits per heavy atom. The largest absolute Gasteiger partial charge is 0.491 e. The van der Waals surface area contributed by atoms with Gasteiger partial charge in [-0.05, 0) is 56.2 Å². The van der Waals surface area contributed by atoms with Crippen molar-refractivity contribution in [3.63, 3.8) is 0 Å². The predicted octanol–water partition coefficient (Wildman–Crippen LogP) is 4.52. The summed E-state index contributed by atoms with van der Waals surface area (Å²) in [6.45, 7) is 5.91. The van der Waals surface area contributed by atoms with Crippen molar-refractivity contribution in [3.8, 4) is 5.75 Å². The lowest BCUT2D eigenvalue weighted by molar-refractivity contribution is -0.137. The maximum absolute atomic E-state index is 13.9. The summed E-state index contributed by atoms with van der Waals surface area (Å²) in [7, 11) is -2.07. The van der Waals surface area contributed by atoms with Crippen molar-refractivity contribution in [1.82, 2.24) is 9.62 Å². The zero-order valence-corrected chi connectivity index (χ0v) is 17.5. The number of nitrogens with zero attached hydrogens (tertiary/aromatic N) is 1. The van der Waals surface area contributed by atoms with Crippen LogP contribution >= 0.6 is 0 Å². The number of ether oxygens (including phenoxy) is 1. The maximum Gasteiger partial charge on any atom is 0.416 e. The molecule has 9 heteroatoms. The molecule has 1 aliphatic rings. The number of likely N-dealkylation sites (tertiary alicyclic amines) is 1. The first-order valence-electron chi connectivity index (χ1n) is 9.64. The standard InChI is InChI=1S/C21H24F4N2O2S/c1-14(2)29-18-6-3-15(4-7-18)12-27-10-9-17(13-27)26-30(28)20-11-16(21(23,24)25)5-8-19(20)22/h3-8,11,14,17,26H,9-10,12-13H2,1-2H3/t17-,30?/m1/s1. The molecule has 1 unspecified atom stereocenters. The zero-order chi connectivity index (χ0) is 21.9. The van der Waals surface area contributed by atoms with Crippen LogP contribution in [0.25, 0.3) is 0 Å². The summed E-state index contributed by atoms with van der Waals surface area (Å²) in [5.41, 5.74) is 0.0730. The van der Waals surface area contributed by atoms with E-state index in [0.29, 0.717) is 37.7 Å². The summed E-state index contributed by atoms with van der Waals surface area (Å²) >= 11 is 0. The molecule has 0 saturated carbocycles. The summed E-state index contributed by atoms with van der Waals surface area (Å²) in [6, 6.07) is 9.52. The highest BCUT2D eigenvalue weighted by Gasteiger charge is 2.32. The molecule has 2 aromatic carbocycles. The third kappa shape index (κ3) is 6.02. The fourth-order valence-corrected chi connectivity index (χ4v) is 4.41. The molecule has 1 aliphatic heterocycles. The van der Waals surface area contributed by atoms with Crippen LogP contribution in [0.5, 0.6) is 5.75 Å². The van der Waals surface area contributed by atoms with Crippen molar-refractivity contribution in [2.24, 2.45) is 0 Å². The number of nitrogens with one attached hydrogen (secondary N) is 1. The second-order valence-corrected chi connectivity index (χ2v) is 8.77. The molecular formula is C21H24F4N2O2S. The number of benzene rings is 2. The SMILES string of the molecule is CC(C)Oc1ccc(CN2CC[C@@H](NS(=O)c3cc(C(F)(F)F)ccc3F)C2)cc1. The Bertz CT molecular complexity index is 888. The van der Waals surface area contributed by atoms with Gasteiger partial charge in [0.2, 0.25) is 0 Å². The van der Waals surface area contributed by atoms with Crippen LogP contribution in [0.1, 0.15) is 31.4 Å². The van der Waals surface area contributed by atoms with Gasteiger partial charge in [0.05, 0.1) is 16.6 Å². The van der Waals surface area contributed by atoms with Crippen LogP contribution in [0.4, 0.5) is 17.6 Å². The van der Waals surface area contributed by atoms with E-state index in [1.165, 1.54) is 0 Å². The first-order chi connectivity index (χ1) is 14.1. The van der Waals surface area contributed by atoms with Crippen molar-refractivity contribution >= 4 is 11.0 Å². The Morgan fingerprint density at radius 3 is 2.53 bits per heavy atom. The predicted molar refractivity (Wildman–Crippen MR) is 107 cm³/mol. The van der Waals surface area contributed by atoms with Crippen molar-refractivity contribution in [2.45, 2.75) is 50.0 Å². The van der Waals surface area contributed by atoms with Crippen molar-refractivity contribution in [1.29, 1.82) is 0 Å². The Kier molecular flexibility index (Phi) is 7.15. The Morgan fingerprint density at radius 2 is 1.90 bits per heavy atom. The van der Waals surface area contributed by atoms with Crippen LogP contribution in [0.15, 0.2) is 47.4 Å². The quantitative estimate of drug-likeness (QED) is 0.639. The first kappa shape index (κ1) is 22.7. The highest BCUT2D eigenvalue weighted by atomic mass is 32.2. The number of hydrogen-bond acceptors (Lipinski definition) is 3. The molecule has 1 heterocycles. The molecule has 1 saturated heterocycles. The second-order valence-electron chi connectivity index (χ2n) is 7.56. The molecule has 0 bridgehead atoms. The third-order valence-electron chi connectivity index (χ3n) is 4.71. The molecular weight excluding hydrogens is 420 g/mol. The van der Waals surface area contributed by atoms with Crippen LogP contribution in [-0.2, 0) is 23.7 Å². The van der Waals surface area contributed by atoms with E-state index in [1.807, 2.05) is 38.1 Å². The van der Waals surface area contributed by atoms with E-state index in [0.717, 1.165) is 17.9 Å². The van der Waals surface area contributed by atoms with Crippen molar-refractivity contribution in [3.05, 3.63) is 59.4 Å². The number of alkyl halides is 3. The van der Waals surface area contributed by atoms with Crippen LogP contribution in [0.2, 0.25) is 0 Å². The Labute approximate surface area is 175 Å². The average Bonchev–Trinajstić information content (AvgIpc) is 3.09. The van der Waals surface area contributed by atoms with E-state index < -0.39 is 33.4 Å². The highest BCUT2D eigenvalue weighted by molar-refractivity contribution is 7.83. The van der Waals surface area contributed by atoms with E-state index in [1.54, 1.807) is 0 Å². The van der Waals surface area contributed by atoms with Crippen LogP contribution < -0.4 is 9.46 Å². The summed E-state index contributed by atoms with van der Waals surface area (Å²) in [5.74, 6) is -0.124. The molecule has 164 valence electrons. The first-order valence-corrected chi connectivity index (χ1v) is 10.8. The zero-order valence-electron chi connectivity index (χ0n) is 16.7. The molecule has 0 radical (unpaired) electrons. The van der Waals surface area contributed by atoms with Crippen LogP contribution in [0.3, 0.4) is 0 Å². The molecule has 0 spiro atoms. The monoisotopic (exact) mass is 444 g/mol. The van der Waals surface area contributed by atoms with Gasteiger partial charge in [-0.2, -0.15) is 13.2 Å². The summed E-state index contributed by atoms with van der Waals surface area (Å²) in [6.07, 6.45) is -3.85. The fraction of sp³-hybridized carbons (Fsp3) is 0.429. The molecule has 2 aromatic rings. The molecule has 30 heavy (non-hydrogen) atoms. The van der Waals surface area contributed by atoms with Crippen LogP contribution in [0, 0.1) is 5.82 Å². The van der Waals surface area contributed by atoms with Crippen molar-refractivity contribution in [2.75, 3.05) is 13.1 Å². The molecule has 0 amide bonds. The Hall–Kier alpha value is -1.97. The van der Waals surface area contributed by atoms with Gasteiger partial charge in [-0.25, -0.2) is 13.3 Å².